The first-order valence-electron chi connectivity index (χ1n) is 5.65. The smallest absolute Gasteiger partial charge is 0.305 e. The number of β-amino-alcohol motifs (C(OH)–C–C–N with tert-alkyl or cyclic N) is 1. The minimum atomic E-state index is -3.68. The van der Waals surface area contributed by atoms with E-state index in [0.717, 1.165) is 0 Å². The van der Waals surface area contributed by atoms with Crippen molar-refractivity contribution in [1.29, 1.82) is 0 Å². The summed E-state index contributed by atoms with van der Waals surface area (Å²) in [6.07, 6.45) is 1.20. The maximum absolute atomic E-state index is 12.4. The largest absolute Gasteiger partial charge is 0.389 e. The fraction of sp³-hybridized carbons (Fsp3) is 0.700. The van der Waals surface area contributed by atoms with Gasteiger partial charge < -0.3 is 10.1 Å². The average molecular weight is 292 g/mol. The number of aromatic nitrogens is 1. The summed E-state index contributed by atoms with van der Waals surface area (Å²) < 4.78 is 26.1. The molecule has 0 aliphatic carbocycles. The van der Waals surface area contributed by atoms with Gasteiger partial charge in [-0.15, -0.1) is 0 Å². The molecule has 0 aromatic carbocycles. The van der Waals surface area contributed by atoms with E-state index in [9.17, 15) is 18.3 Å². The number of piperidine rings is 1. The van der Waals surface area contributed by atoms with Crippen LogP contribution in [0.4, 0.5) is 0 Å². The Labute approximate surface area is 109 Å². The molecule has 1 aromatic heterocycles. The van der Waals surface area contributed by atoms with Crippen LogP contribution >= 0.6 is 11.3 Å². The summed E-state index contributed by atoms with van der Waals surface area (Å²) in [6, 6.07) is 0. The molecule has 0 spiro atoms. The van der Waals surface area contributed by atoms with Gasteiger partial charge in [0, 0.05) is 18.8 Å². The number of rotatable bonds is 2. The van der Waals surface area contributed by atoms with Crippen LogP contribution in [0.25, 0.3) is 0 Å². The second kappa shape index (κ2) is 4.44. The highest BCUT2D eigenvalue weighted by atomic mass is 32.2. The van der Waals surface area contributed by atoms with Gasteiger partial charge in [0.15, 0.2) is 4.21 Å². The molecule has 1 fully saturated rings. The second-order valence-electron chi connectivity index (χ2n) is 4.87. The maximum atomic E-state index is 12.4. The van der Waals surface area contributed by atoms with Crippen molar-refractivity contribution in [1.82, 2.24) is 9.29 Å². The van der Waals surface area contributed by atoms with Crippen LogP contribution in [0.3, 0.4) is 0 Å². The van der Waals surface area contributed by atoms with Crippen LogP contribution in [0.5, 0.6) is 0 Å². The van der Waals surface area contributed by atoms with Gasteiger partial charge in [-0.1, -0.05) is 11.3 Å². The summed E-state index contributed by atoms with van der Waals surface area (Å²) in [4.78, 5) is 13.3. The zero-order valence-electron chi connectivity index (χ0n) is 10.3. The molecular weight excluding hydrogens is 276 g/mol. The second-order valence-corrected chi connectivity index (χ2v) is 7.98. The third kappa shape index (κ3) is 2.51. The first-order valence-corrected chi connectivity index (χ1v) is 7.90. The van der Waals surface area contributed by atoms with Crippen molar-refractivity contribution in [2.24, 2.45) is 0 Å². The van der Waals surface area contributed by atoms with Crippen LogP contribution in [0.1, 0.15) is 25.5 Å². The number of hydrogen-bond donors (Lipinski definition) is 2. The summed E-state index contributed by atoms with van der Waals surface area (Å²) in [6.45, 7) is 3.64. The Morgan fingerprint density at radius 3 is 2.67 bits per heavy atom. The van der Waals surface area contributed by atoms with Crippen molar-refractivity contribution in [3.05, 3.63) is 15.4 Å². The molecule has 1 unspecified atom stereocenters. The first kappa shape index (κ1) is 13.7. The standard InChI is InChI=1S/C10H16N2O4S2/c1-7-8(17-9(13)11-7)18(15,16)12-5-3-4-10(2,14)6-12/h14H,3-6H2,1-2H3,(H,11,13). The quantitative estimate of drug-likeness (QED) is 0.819. The Bertz CT molecular complexity index is 600. The average Bonchev–Trinajstić information content (AvgIpc) is 2.57. The lowest BCUT2D eigenvalue weighted by Crippen LogP contribution is -2.48. The van der Waals surface area contributed by atoms with Crippen LogP contribution in [-0.2, 0) is 10.0 Å². The van der Waals surface area contributed by atoms with E-state index in [4.69, 9.17) is 0 Å². The lowest BCUT2D eigenvalue weighted by molar-refractivity contribution is 0.00943. The Morgan fingerprint density at radius 2 is 2.17 bits per heavy atom. The molecule has 1 atom stereocenters. The fourth-order valence-electron chi connectivity index (χ4n) is 2.13. The Balaban J connectivity index is 2.37. The SMILES string of the molecule is Cc1[nH]c(=O)sc1S(=O)(=O)N1CCCC(C)(O)C1. The Hall–Kier alpha value is -0.700. The van der Waals surface area contributed by atoms with Crippen LogP contribution < -0.4 is 4.87 Å². The molecule has 0 bridgehead atoms. The van der Waals surface area contributed by atoms with E-state index in [1.165, 1.54) is 4.31 Å². The lowest BCUT2D eigenvalue weighted by atomic mass is 9.97. The summed E-state index contributed by atoms with van der Waals surface area (Å²) in [5.74, 6) is 0. The van der Waals surface area contributed by atoms with Gasteiger partial charge in [-0.3, -0.25) is 4.79 Å². The van der Waals surface area contributed by atoms with Crippen molar-refractivity contribution in [3.63, 3.8) is 0 Å². The van der Waals surface area contributed by atoms with Crippen LogP contribution in [-0.4, -0.2) is 41.5 Å². The molecule has 0 saturated carbocycles. The predicted octanol–water partition coefficient (Wildman–Crippen LogP) is 0.280. The van der Waals surface area contributed by atoms with Gasteiger partial charge in [0.1, 0.15) is 0 Å². The highest BCUT2D eigenvalue weighted by Gasteiger charge is 2.37. The molecule has 1 saturated heterocycles. The van der Waals surface area contributed by atoms with Crippen molar-refractivity contribution < 1.29 is 13.5 Å². The van der Waals surface area contributed by atoms with Gasteiger partial charge in [0.25, 0.3) is 10.0 Å². The number of hydrogen-bond acceptors (Lipinski definition) is 5. The monoisotopic (exact) mass is 292 g/mol. The van der Waals surface area contributed by atoms with Crippen molar-refractivity contribution in [2.75, 3.05) is 13.1 Å². The van der Waals surface area contributed by atoms with Gasteiger partial charge in [-0.25, -0.2) is 8.42 Å². The van der Waals surface area contributed by atoms with E-state index in [1.54, 1.807) is 13.8 Å². The fourth-order valence-corrected chi connectivity index (χ4v) is 5.16. The summed E-state index contributed by atoms with van der Waals surface area (Å²) in [7, 11) is -3.68. The third-order valence-corrected chi connectivity index (χ3v) is 6.42. The van der Waals surface area contributed by atoms with Crippen LogP contribution in [0.2, 0.25) is 0 Å². The minimum Gasteiger partial charge on any atom is -0.389 e. The van der Waals surface area contributed by atoms with E-state index in [1.807, 2.05) is 0 Å². The van der Waals surface area contributed by atoms with Gasteiger partial charge >= 0.3 is 4.87 Å². The molecule has 1 aromatic rings. The molecule has 2 heterocycles. The molecule has 1 aliphatic heterocycles. The summed E-state index contributed by atoms with van der Waals surface area (Å²) in [5, 5.41) is 9.96. The van der Waals surface area contributed by atoms with E-state index < -0.39 is 15.6 Å². The molecule has 1 aliphatic rings. The summed E-state index contributed by atoms with van der Waals surface area (Å²) in [5.41, 5.74) is -0.643. The molecule has 2 N–H and O–H groups in total. The number of H-pyrrole nitrogens is 1. The van der Waals surface area contributed by atoms with Crippen molar-refractivity contribution in [3.8, 4) is 0 Å². The van der Waals surface area contributed by atoms with Gasteiger partial charge in [0.2, 0.25) is 0 Å². The highest BCUT2D eigenvalue weighted by molar-refractivity contribution is 7.91. The number of nitrogens with zero attached hydrogens (tertiary/aromatic N) is 1. The van der Waals surface area contributed by atoms with E-state index >= 15 is 0 Å². The Kier molecular flexibility index (Phi) is 3.39. The number of aryl methyl sites for hydroxylation is 1. The molecule has 6 nitrogen and oxygen atoms in total. The third-order valence-electron chi connectivity index (χ3n) is 3.00. The van der Waals surface area contributed by atoms with Gasteiger partial charge in [-0.2, -0.15) is 4.31 Å². The zero-order valence-corrected chi connectivity index (χ0v) is 11.9. The number of aliphatic hydroxyl groups is 1. The predicted molar refractivity (Wildman–Crippen MR) is 68.3 cm³/mol. The van der Waals surface area contributed by atoms with Gasteiger partial charge in [-0.05, 0) is 26.7 Å². The molecule has 0 radical (unpaired) electrons. The summed E-state index contributed by atoms with van der Waals surface area (Å²) >= 11 is 0.693. The number of nitrogens with one attached hydrogen (secondary N) is 1. The number of thiazole rings is 1. The van der Waals surface area contributed by atoms with Crippen molar-refractivity contribution in [2.45, 2.75) is 36.5 Å². The molecule has 8 heteroatoms. The van der Waals surface area contributed by atoms with Crippen LogP contribution in [0, 0.1) is 6.92 Å². The number of sulfonamides is 1. The zero-order chi connectivity index (χ0) is 13.6. The number of aromatic amines is 1. The van der Waals surface area contributed by atoms with Crippen molar-refractivity contribution >= 4 is 21.4 Å². The van der Waals surface area contributed by atoms with Gasteiger partial charge in [0.05, 0.1) is 5.60 Å². The molecule has 0 amide bonds. The minimum absolute atomic E-state index is 0.0465. The molecular formula is C10H16N2O4S2. The maximum Gasteiger partial charge on any atom is 0.305 e. The van der Waals surface area contributed by atoms with Crippen LogP contribution in [0.15, 0.2) is 9.00 Å². The van der Waals surface area contributed by atoms with E-state index in [-0.39, 0.29) is 15.6 Å². The molecule has 102 valence electrons. The topological polar surface area (TPSA) is 90.5 Å². The normalized spacial score (nSPS) is 26.4. The Morgan fingerprint density at radius 1 is 1.50 bits per heavy atom. The van der Waals surface area contributed by atoms with E-state index in [0.29, 0.717) is 36.4 Å². The highest BCUT2D eigenvalue weighted by Crippen LogP contribution is 2.28. The van der Waals surface area contributed by atoms with E-state index in [2.05, 4.69) is 4.98 Å². The first-order chi connectivity index (χ1) is 8.22. The lowest BCUT2D eigenvalue weighted by Gasteiger charge is -2.35. The molecule has 2 rings (SSSR count). The molecule has 18 heavy (non-hydrogen) atoms.